The highest BCUT2D eigenvalue weighted by molar-refractivity contribution is 6.30. The van der Waals surface area contributed by atoms with Gasteiger partial charge in [-0.2, -0.15) is 0 Å². The second-order valence-electron chi connectivity index (χ2n) is 6.09. The molecule has 0 N–H and O–H groups in total. The molecule has 1 aliphatic rings. The molecule has 1 saturated heterocycles. The zero-order valence-electron chi connectivity index (χ0n) is 14.5. The van der Waals surface area contributed by atoms with Crippen molar-refractivity contribution in [1.29, 1.82) is 0 Å². The van der Waals surface area contributed by atoms with E-state index < -0.39 is 23.6 Å². The van der Waals surface area contributed by atoms with Crippen molar-refractivity contribution in [2.24, 2.45) is 0 Å². The predicted octanol–water partition coefficient (Wildman–Crippen LogP) is 3.26. The molecule has 3 rings (SSSR count). The Bertz CT molecular complexity index is 861. The number of amides is 2. The minimum Gasteiger partial charge on any atom is -0.484 e. The van der Waals surface area contributed by atoms with E-state index in [1.807, 2.05) is 0 Å². The minimum atomic E-state index is -0.818. The zero-order chi connectivity index (χ0) is 19.6. The number of carbonyl (C=O) groups excluding carboxylic acids is 2. The molecule has 142 valence electrons. The summed E-state index contributed by atoms with van der Waals surface area (Å²) in [5, 5.41) is 0.553. The van der Waals surface area contributed by atoms with Crippen LogP contribution in [0.15, 0.2) is 42.5 Å². The Kier molecular flexibility index (Phi) is 5.60. The molecule has 0 aromatic heterocycles. The van der Waals surface area contributed by atoms with E-state index in [2.05, 4.69) is 0 Å². The fourth-order valence-electron chi connectivity index (χ4n) is 2.91. The van der Waals surface area contributed by atoms with Crippen LogP contribution in [0.5, 0.6) is 5.75 Å². The zero-order valence-corrected chi connectivity index (χ0v) is 15.2. The number of piperazine rings is 1. The van der Waals surface area contributed by atoms with Gasteiger partial charge < -0.3 is 14.5 Å². The summed E-state index contributed by atoms with van der Waals surface area (Å²) >= 11 is 5.79. The Hall–Kier alpha value is -2.67. The largest absolute Gasteiger partial charge is 0.484 e. The highest BCUT2D eigenvalue weighted by atomic mass is 35.5. The number of ether oxygens (including phenoxy) is 1. The first-order valence-electron chi connectivity index (χ1n) is 8.31. The summed E-state index contributed by atoms with van der Waals surface area (Å²) in [6.45, 7) is 1.66. The van der Waals surface area contributed by atoms with Crippen LogP contribution in [0.3, 0.4) is 0 Å². The van der Waals surface area contributed by atoms with E-state index in [4.69, 9.17) is 16.3 Å². The van der Waals surface area contributed by atoms with Crippen molar-refractivity contribution >= 4 is 29.1 Å². The first-order chi connectivity index (χ1) is 12.9. The summed E-state index contributed by atoms with van der Waals surface area (Å²) in [7, 11) is 0. The van der Waals surface area contributed by atoms with E-state index in [1.165, 1.54) is 15.9 Å². The van der Waals surface area contributed by atoms with E-state index in [1.54, 1.807) is 31.2 Å². The highest BCUT2D eigenvalue weighted by Gasteiger charge is 2.36. The number of rotatable bonds is 4. The average molecular weight is 395 g/mol. The van der Waals surface area contributed by atoms with E-state index in [0.717, 1.165) is 12.1 Å². The molecule has 0 bridgehead atoms. The molecular formula is C19H17ClF2N2O3. The summed E-state index contributed by atoms with van der Waals surface area (Å²) in [5.74, 6) is -1.85. The van der Waals surface area contributed by atoms with Crippen molar-refractivity contribution in [3.05, 3.63) is 59.1 Å². The molecular weight excluding hydrogens is 378 g/mol. The second-order valence-corrected chi connectivity index (χ2v) is 6.53. The molecule has 0 aliphatic carbocycles. The van der Waals surface area contributed by atoms with E-state index in [0.29, 0.717) is 10.8 Å². The van der Waals surface area contributed by atoms with E-state index in [-0.39, 0.29) is 31.3 Å². The maximum Gasteiger partial charge on any atom is 0.261 e. The molecule has 1 atom stereocenters. The van der Waals surface area contributed by atoms with Gasteiger partial charge in [-0.25, -0.2) is 8.78 Å². The quantitative estimate of drug-likeness (QED) is 0.799. The number of anilines is 1. The van der Waals surface area contributed by atoms with Crippen molar-refractivity contribution < 1.29 is 23.1 Å². The van der Waals surface area contributed by atoms with Gasteiger partial charge in [0.1, 0.15) is 23.4 Å². The van der Waals surface area contributed by atoms with Crippen molar-refractivity contribution in [2.75, 3.05) is 24.6 Å². The normalized spacial score (nSPS) is 17.2. The van der Waals surface area contributed by atoms with Gasteiger partial charge in [-0.15, -0.1) is 0 Å². The minimum absolute atomic E-state index is 0.00207. The van der Waals surface area contributed by atoms with Crippen LogP contribution in [-0.4, -0.2) is 42.5 Å². The number of benzene rings is 2. The lowest BCUT2D eigenvalue weighted by molar-refractivity contribution is -0.142. The number of nitrogens with zero attached hydrogens (tertiary/aromatic N) is 2. The standard InChI is InChI=1S/C19H17ClF2N2O3/c1-12-19(26)24(17-7-4-14(21)10-16(17)22)9-8-23(12)18(25)11-27-15-5-2-13(20)3-6-15/h2-7,10,12H,8-9,11H2,1H3/t12-/m1/s1. The van der Waals surface area contributed by atoms with E-state index >= 15 is 0 Å². The lowest BCUT2D eigenvalue weighted by atomic mass is 10.1. The Balaban J connectivity index is 1.65. The maximum atomic E-state index is 14.0. The van der Waals surface area contributed by atoms with Crippen molar-refractivity contribution in [1.82, 2.24) is 4.90 Å². The molecule has 2 amide bonds. The van der Waals surface area contributed by atoms with Gasteiger partial charge in [-0.05, 0) is 43.3 Å². The molecule has 0 saturated carbocycles. The predicted molar refractivity (Wildman–Crippen MR) is 96.8 cm³/mol. The number of carbonyl (C=O) groups is 2. The van der Waals surface area contributed by atoms with Crippen LogP contribution < -0.4 is 9.64 Å². The molecule has 8 heteroatoms. The molecule has 0 unspecified atom stereocenters. The summed E-state index contributed by atoms with van der Waals surface area (Å²) in [4.78, 5) is 27.6. The molecule has 2 aromatic rings. The van der Waals surface area contributed by atoms with Gasteiger partial charge in [0.2, 0.25) is 5.91 Å². The molecule has 27 heavy (non-hydrogen) atoms. The Morgan fingerprint density at radius 3 is 2.56 bits per heavy atom. The van der Waals surface area contributed by atoms with Crippen LogP contribution in [0.2, 0.25) is 5.02 Å². The first-order valence-corrected chi connectivity index (χ1v) is 8.69. The fourth-order valence-corrected chi connectivity index (χ4v) is 3.04. The van der Waals surface area contributed by atoms with Gasteiger partial charge in [0, 0.05) is 24.2 Å². The van der Waals surface area contributed by atoms with Gasteiger partial charge in [0.15, 0.2) is 6.61 Å². The van der Waals surface area contributed by atoms with Crippen molar-refractivity contribution in [3.8, 4) is 5.75 Å². The van der Waals surface area contributed by atoms with Crippen LogP contribution in [0.4, 0.5) is 14.5 Å². The number of hydrogen-bond acceptors (Lipinski definition) is 3. The SMILES string of the molecule is C[C@@H]1C(=O)N(c2ccc(F)cc2F)CCN1C(=O)COc1ccc(Cl)cc1. The van der Waals surface area contributed by atoms with Gasteiger partial charge in [-0.1, -0.05) is 11.6 Å². The Morgan fingerprint density at radius 1 is 1.19 bits per heavy atom. The van der Waals surface area contributed by atoms with Crippen LogP contribution in [0, 0.1) is 11.6 Å². The third kappa shape index (κ3) is 4.19. The summed E-state index contributed by atoms with van der Waals surface area (Å²) in [5.41, 5.74) is -0.00207. The molecule has 0 radical (unpaired) electrons. The third-order valence-electron chi connectivity index (χ3n) is 4.35. The molecule has 5 nitrogen and oxygen atoms in total. The molecule has 2 aromatic carbocycles. The first kappa shape index (κ1) is 19.1. The third-order valence-corrected chi connectivity index (χ3v) is 4.60. The second kappa shape index (κ2) is 7.92. The molecule has 0 spiro atoms. The number of hydrogen-bond donors (Lipinski definition) is 0. The molecule has 1 heterocycles. The topological polar surface area (TPSA) is 49.9 Å². The van der Waals surface area contributed by atoms with Gasteiger partial charge in [0.25, 0.3) is 5.91 Å². The van der Waals surface area contributed by atoms with Crippen LogP contribution in [0.1, 0.15) is 6.92 Å². The highest BCUT2D eigenvalue weighted by Crippen LogP contribution is 2.24. The van der Waals surface area contributed by atoms with Crippen LogP contribution in [-0.2, 0) is 9.59 Å². The Labute approximate surface area is 160 Å². The molecule has 1 aliphatic heterocycles. The maximum absolute atomic E-state index is 14.0. The van der Waals surface area contributed by atoms with Gasteiger partial charge in [0.05, 0.1) is 5.69 Å². The van der Waals surface area contributed by atoms with E-state index in [9.17, 15) is 18.4 Å². The van der Waals surface area contributed by atoms with Crippen molar-refractivity contribution in [3.63, 3.8) is 0 Å². The van der Waals surface area contributed by atoms with Gasteiger partial charge in [-0.3, -0.25) is 9.59 Å². The summed E-state index contributed by atoms with van der Waals surface area (Å²) < 4.78 is 32.5. The lowest BCUT2D eigenvalue weighted by Gasteiger charge is -2.39. The van der Waals surface area contributed by atoms with Crippen molar-refractivity contribution in [2.45, 2.75) is 13.0 Å². The smallest absolute Gasteiger partial charge is 0.261 e. The summed E-state index contributed by atoms with van der Waals surface area (Å²) in [6, 6.07) is 8.81. The Morgan fingerprint density at radius 2 is 1.89 bits per heavy atom. The number of halogens is 3. The average Bonchev–Trinajstić information content (AvgIpc) is 2.64. The fraction of sp³-hybridized carbons (Fsp3) is 0.263. The van der Waals surface area contributed by atoms with Crippen LogP contribution in [0.25, 0.3) is 0 Å². The summed E-state index contributed by atoms with van der Waals surface area (Å²) in [6.07, 6.45) is 0. The van der Waals surface area contributed by atoms with Gasteiger partial charge >= 0.3 is 0 Å². The lowest BCUT2D eigenvalue weighted by Crippen LogP contribution is -2.58. The molecule has 1 fully saturated rings. The monoisotopic (exact) mass is 394 g/mol. The van der Waals surface area contributed by atoms with Crippen LogP contribution >= 0.6 is 11.6 Å².